The first-order valence-corrected chi connectivity index (χ1v) is 9.68. The molecule has 0 unspecified atom stereocenters. The molecule has 7 heteroatoms. The van der Waals surface area contributed by atoms with Crippen molar-refractivity contribution in [3.8, 4) is 17.2 Å². The molecule has 0 fully saturated rings. The fourth-order valence-electron chi connectivity index (χ4n) is 2.84. The largest absolute Gasteiger partial charge is 0.493 e. The molecule has 0 radical (unpaired) electrons. The summed E-state index contributed by atoms with van der Waals surface area (Å²) in [7, 11) is 3.22. The van der Waals surface area contributed by atoms with Crippen LogP contribution >= 0.6 is 24.0 Å². The molecular formula is C24H28IN3O3. The van der Waals surface area contributed by atoms with Gasteiger partial charge in [-0.1, -0.05) is 48.5 Å². The second-order valence-corrected chi connectivity index (χ2v) is 6.66. The average Bonchev–Trinajstić information content (AvgIpc) is 2.81. The Morgan fingerprint density at radius 1 is 0.839 bits per heavy atom. The van der Waals surface area contributed by atoms with Crippen molar-refractivity contribution in [2.24, 2.45) is 10.7 Å². The lowest BCUT2D eigenvalue weighted by atomic mass is 10.1. The Labute approximate surface area is 200 Å². The van der Waals surface area contributed by atoms with E-state index in [9.17, 15) is 0 Å². The molecule has 3 aromatic carbocycles. The minimum Gasteiger partial charge on any atom is -0.493 e. The molecule has 0 aliphatic rings. The van der Waals surface area contributed by atoms with Gasteiger partial charge in [-0.05, 0) is 41.0 Å². The third kappa shape index (κ3) is 7.67. The predicted molar refractivity (Wildman–Crippen MR) is 134 cm³/mol. The lowest BCUT2D eigenvalue weighted by molar-refractivity contribution is 0.306. The predicted octanol–water partition coefficient (Wildman–Crippen LogP) is 4.51. The highest BCUT2D eigenvalue weighted by atomic mass is 127. The van der Waals surface area contributed by atoms with Crippen LogP contribution in [0.1, 0.15) is 16.7 Å². The van der Waals surface area contributed by atoms with Crippen molar-refractivity contribution >= 4 is 29.9 Å². The van der Waals surface area contributed by atoms with Gasteiger partial charge in [0.15, 0.2) is 17.5 Å². The summed E-state index contributed by atoms with van der Waals surface area (Å²) in [5, 5.41) is 3.14. The molecule has 31 heavy (non-hydrogen) atoms. The number of hydrogen-bond donors (Lipinski definition) is 2. The summed E-state index contributed by atoms with van der Waals surface area (Å²) >= 11 is 0. The number of hydrogen-bond acceptors (Lipinski definition) is 4. The van der Waals surface area contributed by atoms with Gasteiger partial charge in [0.05, 0.1) is 20.8 Å². The molecule has 3 N–H and O–H groups in total. The quantitative estimate of drug-likeness (QED) is 0.241. The molecule has 0 bridgehead atoms. The average molecular weight is 533 g/mol. The van der Waals surface area contributed by atoms with Crippen molar-refractivity contribution in [2.45, 2.75) is 19.7 Å². The number of nitrogens with zero attached hydrogens (tertiary/aromatic N) is 1. The van der Waals surface area contributed by atoms with E-state index in [1.807, 2.05) is 48.5 Å². The number of nitrogens with two attached hydrogens (primary N) is 1. The standard InChI is InChI=1S/C24H27N3O3.HI/c1-28-22-13-12-20(14-23(22)29-2)16-27-24(25)26-15-18-8-10-19(11-9-18)17-30-21-6-4-3-5-7-21;/h3-14H,15-17H2,1-2H3,(H3,25,26,27);1H. The first kappa shape index (κ1) is 24.3. The molecule has 3 rings (SSSR count). The minimum atomic E-state index is 0. The van der Waals surface area contributed by atoms with Gasteiger partial charge in [0.25, 0.3) is 0 Å². The highest BCUT2D eigenvalue weighted by Gasteiger charge is 2.04. The van der Waals surface area contributed by atoms with Gasteiger partial charge in [-0.25, -0.2) is 4.99 Å². The second kappa shape index (κ2) is 12.7. The van der Waals surface area contributed by atoms with E-state index in [0.29, 0.717) is 37.2 Å². The molecular weight excluding hydrogens is 505 g/mol. The van der Waals surface area contributed by atoms with E-state index < -0.39 is 0 Å². The van der Waals surface area contributed by atoms with Crippen LogP contribution in [0.5, 0.6) is 17.2 Å². The fourth-order valence-corrected chi connectivity index (χ4v) is 2.84. The molecule has 0 aromatic heterocycles. The topological polar surface area (TPSA) is 78.1 Å². The van der Waals surface area contributed by atoms with Crippen molar-refractivity contribution in [3.05, 3.63) is 89.5 Å². The number of aliphatic imine (C=N–C) groups is 1. The Hall–Kier alpha value is -2.94. The fraction of sp³-hybridized carbons (Fsp3) is 0.208. The van der Waals surface area contributed by atoms with Crippen LogP contribution in [0.25, 0.3) is 0 Å². The maximum atomic E-state index is 6.00. The zero-order valence-corrected chi connectivity index (χ0v) is 20.0. The molecule has 164 valence electrons. The molecule has 0 atom stereocenters. The summed E-state index contributed by atoms with van der Waals surface area (Å²) in [6.07, 6.45) is 0. The molecule has 6 nitrogen and oxygen atoms in total. The van der Waals surface area contributed by atoms with Crippen LogP contribution in [0.2, 0.25) is 0 Å². The van der Waals surface area contributed by atoms with E-state index in [2.05, 4.69) is 34.6 Å². The number of halogens is 1. The zero-order valence-electron chi connectivity index (χ0n) is 17.7. The van der Waals surface area contributed by atoms with Crippen molar-refractivity contribution < 1.29 is 14.2 Å². The van der Waals surface area contributed by atoms with Crippen molar-refractivity contribution in [2.75, 3.05) is 14.2 Å². The van der Waals surface area contributed by atoms with Crippen LogP contribution in [0.4, 0.5) is 0 Å². The lowest BCUT2D eigenvalue weighted by Gasteiger charge is -2.10. The number of methoxy groups -OCH3 is 2. The maximum absolute atomic E-state index is 6.00. The van der Waals surface area contributed by atoms with Gasteiger partial charge in [-0.3, -0.25) is 0 Å². The van der Waals surface area contributed by atoms with Gasteiger partial charge in [0.2, 0.25) is 0 Å². The summed E-state index contributed by atoms with van der Waals surface area (Å²) in [5.41, 5.74) is 9.21. The molecule has 0 saturated heterocycles. The lowest BCUT2D eigenvalue weighted by Crippen LogP contribution is -2.31. The number of ether oxygens (including phenoxy) is 3. The Morgan fingerprint density at radius 2 is 1.48 bits per heavy atom. The number of rotatable bonds is 9. The highest BCUT2D eigenvalue weighted by molar-refractivity contribution is 14.0. The van der Waals surface area contributed by atoms with E-state index in [1.54, 1.807) is 14.2 Å². The second-order valence-electron chi connectivity index (χ2n) is 6.66. The van der Waals surface area contributed by atoms with Gasteiger partial charge in [-0.2, -0.15) is 0 Å². The molecule has 0 aliphatic carbocycles. The third-order valence-electron chi connectivity index (χ3n) is 4.53. The summed E-state index contributed by atoms with van der Waals surface area (Å²) in [5.74, 6) is 2.62. The monoisotopic (exact) mass is 533 g/mol. The van der Waals surface area contributed by atoms with Crippen molar-refractivity contribution in [1.29, 1.82) is 0 Å². The summed E-state index contributed by atoms with van der Waals surface area (Å²) in [4.78, 5) is 4.39. The van der Waals surface area contributed by atoms with E-state index in [1.165, 1.54) is 0 Å². The maximum Gasteiger partial charge on any atom is 0.189 e. The molecule has 3 aromatic rings. The van der Waals surface area contributed by atoms with Gasteiger partial charge in [0.1, 0.15) is 12.4 Å². The first-order chi connectivity index (χ1) is 14.7. The van der Waals surface area contributed by atoms with Crippen LogP contribution in [0, 0.1) is 0 Å². The van der Waals surface area contributed by atoms with Crippen LogP contribution in [-0.2, 0) is 19.7 Å². The summed E-state index contributed by atoms with van der Waals surface area (Å²) in [6, 6.07) is 23.7. The van der Waals surface area contributed by atoms with Gasteiger partial charge in [-0.15, -0.1) is 24.0 Å². The molecule has 0 spiro atoms. The van der Waals surface area contributed by atoms with Crippen LogP contribution in [-0.4, -0.2) is 20.2 Å². The highest BCUT2D eigenvalue weighted by Crippen LogP contribution is 2.27. The number of benzene rings is 3. The van der Waals surface area contributed by atoms with E-state index in [-0.39, 0.29) is 24.0 Å². The summed E-state index contributed by atoms with van der Waals surface area (Å²) < 4.78 is 16.3. The van der Waals surface area contributed by atoms with Crippen LogP contribution in [0.3, 0.4) is 0 Å². The number of guanidine groups is 1. The van der Waals surface area contributed by atoms with Gasteiger partial charge in [0, 0.05) is 6.54 Å². The molecule has 0 aliphatic heterocycles. The minimum absolute atomic E-state index is 0. The SMILES string of the molecule is COc1ccc(CN=C(N)NCc2ccc(COc3ccccc3)cc2)cc1OC.I. The summed E-state index contributed by atoms with van der Waals surface area (Å²) in [6.45, 7) is 1.59. The first-order valence-electron chi connectivity index (χ1n) is 9.68. The van der Waals surface area contributed by atoms with Crippen LogP contribution in [0.15, 0.2) is 77.8 Å². The Balaban J connectivity index is 0.00000341. The van der Waals surface area contributed by atoms with Crippen molar-refractivity contribution in [3.63, 3.8) is 0 Å². The van der Waals surface area contributed by atoms with Gasteiger partial charge >= 0.3 is 0 Å². The normalized spacial score (nSPS) is 10.7. The van der Waals surface area contributed by atoms with Crippen LogP contribution < -0.4 is 25.3 Å². The molecule has 0 heterocycles. The van der Waals surface area contributed by atoms with E-state index in [0.717, 1.165) is 22.4 Å². The molecule has 0 amide bonds. The Bertz CT molecular complexity index is 964. The Morgan fingerprint density at radius 3 is 2.16 bits per heavy atom. The number of para-hydroxylation sites is 1. The van der Waals surface area contributed by atoms with Crippen molar-refractivity contribution in [1.82, 2.24) is 5.32 Å². The Kier molecular flexibility index (Phi) is 9.96. The number of nitrogens with one attached hydrogen (secondary N) is 1. The zero-order chi connectivity index (χ0) is 21.2. The van der Waals surface area contributed by atoms with E-state index in [4.69, 9.17) is 19.9 Å². The smallest absolute Gasteiger partial charge is 0.189 e. The third-order valence-corrected chi connectivity index (χ3v) is 4.53. The molecule has 0 saturated carbocycles. The van der Waals surface area contributed by atoms with E-state index >= 15 is 0 Å². The van der Waals surface area contributed by atoms with Gasteiger partial charge < -0.3 is 25.3 Å².